The Balaban J connectivity index is 1.83. The standard InChI is InChI=1S/C54H83N7O15/c1-27(2)23-36-52(72)60-21-13-15-38(60)48(68)56-37(25-34-17-19-35(63)20-18-34)54(74)75-33(11)44(58-49(69)40(24-28(3)4)59(12)53(73)39-16-14-22-61(39)51(71)32(10)62)50(70)57-43(29(5)6)41(64)26-42(65)76-46(30(7)8)45(66)31(9)47(67)55-36/h17-20,27-33,36-41,43-44,46,62-64H,13-16,21-26H2,1-12H3,(H,55,67)(H,56,68)(H,57,70)(H,58,69). The number of fused-ring (bicyclic) bond motifs is 1. The van der Waals surface area contributed by atoms with Crippen LogP contribution in [-0.4, -0.2) is 176 Å². The van der Waals surface area contributed by atoms with E-state index in [0.29, 0.717) is 18.4 Å². The van der Waals surface area contributed by atoms with E-state index in [1.54, 1.807) is 27.7 Å². The highest BCUT2D eigenvalue weighted by molar-refractivity contribution is 6.05. The van der Waals surface area contributed by atoms with Crippen molar-refractivity contribution in [3.63, 3.8) is 0 Å². The van der Waals surface area contributed by atoms with E-state index in [4.69, 9.17) is 9.47 Å². The fraction of sp³-hybridized carbons (Fsp3) is 0.704. The Kier molecular flexibility index (Phi) is 22.8. The van der Waals surface area contributed by atoms with Crippen molar-refractivity contribution in [2.75, 3.05) is 20.1 Å². The monoisotopic (exact) mass is 1070 g/mol. The molecule has 1 aromatic carbocycles. The lowest BCUT2D eigenvalue weighted by Gasteiger charge is -2.35. The number of hydrogen-bond donors (Lipinski definition) is 7. The van der Waals surface area contributed by atoms with Crippen molar-refractivity contribution in [1.29, 1.82) is 0 Å². The van der Waals surface area contributed by atoms with Crippen molar-refractivity contribution < 1.29 is 72.7 Å². The Morgan fingerprint density at radius 2 is 1.41 bits per heavy atom. The van der Waals surface area contributed by atoms with Crippen LogP contribution in [0.15, 0.2) is 24.3 Å². The van der Waals surface area contributed by atoms with Crippen molar-refractivity contribution in [3.8, 4) is 5.75 Å². The maximum Gasteiger partial charge on any atom is 0.329 e. The summed E-state index contributed by atoms with van der Waals surface area (Å²) < 4.78 is 11.7. The minimum absolute atomic E-state index is 0.0611. The SMILES string of the molecule is CC(C)CC1NC(=O)C(C)C(=O)C(C(C)C)OC(=O)CC(O)C(C(C)C)NC(=O)C(NC(=O)C(CC(C)C)N(C)C(=O)C2CCCN2C(=O)C(C)O)C(C)OC(=O)C(Cc2ccc(O)cc2)NC(=O)C2CCCN2C1=O. The van der Waals surface area contributed by atoms with Gasteiger partial charge >= 0.3 is 11.9 Å². The van der Waals surface area contributed by atoms with E-state index in [-0.39, 0.29) is 62.8 Å². The smallest absolute Gasteiger partial charge is 0.329 e. The molecule has 3 aliphatic rings. The van der Waals surface area contributed by atoms with Gasteiger partial charge in [-0.1, -0.05) is 67.5 Å². The molecule has 22 nitrogen and oxygen atoms in total. The molecular weight excluding hydrogens is 987 g/mol. The molecule has 22 heteroatoms. The van der Waals surface area contributed by atoms with Crippen LogP contribution in [-0.2, 0) is 63.8 Å². The minimum Gasteiger partial charge on any atom is -0.508 e. The molecule has 0 aliphatic carbocycles. The zero-order valence-electron chi connectivity index (χ0n) is 46.2. The third-order valence-corrected chi connectivity index (χ3v) is 14.3. The quantitative estimate of drug-likeness (QED) is 0.108. The molecule has 7 amide bonds. The van der Waals surface area contributed by atoms with Crippen molar-refractivity contribution in [3.05, 3.63) is 29.8 Å². The molecule has 0 radical (unpaired) electrons. The average Bonchev–Trinajstić information content (AvgIpc) is 4.05. The molecule has 1 aromatic rings. The number of ketones is 1. The largest absolute Gasteiger partial charge is 0.508 e. The highest BCUT2D eigenvalue weighted by Gasteiger charge is 2.45. The van der Waals surface area contributed by atoms with E-state index in [0.717, 1.165) is 0 Å². The lowest BCUT2D eigenvalue weighted by Crippen LogP contribution is -2.62. The maximum atomic E-state index is 14.8. The number of rotatable bonds is 13. The Hall–Kier alpha value is -6.16. The Bertz CT molecular complexity index is 2250. The van der Waals surface area contributed by atoms with Gasteiger partial charge in [0, 0.05) is 26.6 Å². The van der Waals surface area contributed by atoms with Crippen LogP contribution in [0.2, 0.25) is 0 Å². The van der Waals surface area contributed by atoms with Crippen molar-refractivity contribution in [1.82, 2.24) is 36.0 Å². The van der Waals surface area contributed by atoms with Gasteiger partial charge in [-0.2, -0.15) is 0 Å². The first kappa shape index (κ1) is 62.4. The molecule has 12 atom stereocenters. The third-order valence-electron chi connectivity index (χ3n) is 14.3. The summed E-state index contributed by atoms with van der Waals surface area (Å²) in [6.07, 6.45) is -5.57. The second kappa shape index (κ2) is 27.8. The van der Waals surface area contributed by atoms with Crippen molar-refractivity contribution in [2.45, 2.75) is 194 Å². The van der Waals surface area contributed by atoms with Gasteiger partial charge in [-0.05, 0) is 101 Å². The number of aliphatic hydroxyl groups is 2. The van der Waals surface area contributed by atoms with Gasteiger partial charge in [0.2, 0.25) is 35.4 Å². The fourth-order valence-corrected chi connectivity index (χ4v) is 9.95. The molecule has 76 heavy (non-hydrogen) atoms. The van der Waals surface area contributed by atoms with Crippen LogP contribution >= 0.6 is 0 Å². The van der Waals surface area contributed by atoms with Gasteiger partial charge in [0.1, 0.15) is 54.2 Å². The molecule has 3 heterocycles. The molecular formula is C54H83N7O15. The predicted octanol–water partition coefficient (Wildman–Crippen LogP) is 1.28. The van der Waals surface area contributed by atoms with Crippen LogP contribution in [0.5, 0.6) is 5.75 Å². The summed E-state index contributed by atoms with van der Waals surface area (Å²) >= 11 is 0. The van der Waals surface area contributed by atoms with E-state index in [2.05, 4.69) is 21.3 Å². The molecule has 4 rings (SSSR count). The molecule has 3 aliphatic heterocycles. The molecule has 0 saturated carbocycles. The molecule has 0 bridgehead atoms. The molecule has 12 unspecified atom stereocenters. The Morgan fingerprint density at radius 1 is 0.789 bits per heavy atom. The number of aromatic hydroxyl groups is 1. The lowest BCUT2D eigenvalue weighted by molar-refractivity contribution is -0.162. The second-order valence-corrected chi connectivity index (χ2v) is 22.2. The van der Waals surface area contributed by atoms with Crippen LogP contribution in [0, 0.1) is 29.6 Å². The first-order valence-electron chi connectivity index (χ1n) is 26.7. The number of nitrogens with zero attached hydrogens (tertiary/aromatic N) is 3. The second-order valence-electron chi connectivity index (χ2n) is 22.2. The van der Waals surface area contributed by atoms with Gasteiger partial charge in [-0.25, -0.2) is 4.79 Å². The van der Waals surface area contributed by atoms with E-state index < -0.39 is 150 Å². The average molecular weight is 1070 g/mol. The summed E-state index contributed by atoms with van der Waals surface area (Å²) in [6, 6.07) is -3.32. The van der Waals surface area contributed by atoms with Gasteiger partial charge in [-0.15, -0.1) is 0 Å². The van der Waals surface area contributed by atoms with Crippen molar-refractivity contribution >= 4 is 59.1 Å². The van der Waals surface area contributed by atoms with E-state index in [1.807, 2.05) is 27.7 Å². The number of phenols is 1. The van der Waals surface area contributed by atoms with Crippen molar-refractivity contribution in [2.24, 2.45) is 29.6 Å². The van der Waals surface area contributed by atoms with E-state index in [9.17, 15) is 63.3 Å². The van der Waals surface area contributed by atoms with Gasteiger partial charge in [0.05, 0.1) is 24.5 Å². The number of nitrogens with one attached hydrogen (secondary N) is 4. The number of carbonyl (C=O) groups excluding carboxylic acids is 10. The predicted molar refractivity (Wildman–Crippen MR) is 276 cm³/mol. The molecule has 3 saturated heterocycles. The zero-order valence-corrected chi connectivity index (χ0v) is 46.2. The van der Waals surface area contributed by atoms with Gasteiger partial charge in [0.15, 0.2) is 11.9 Å². The highest BCUT2D eigenvalue weighted by Crippen LogP contribution is 2.26. The highest BCUT2D eigenvalue weighted by atomic mass is 16.6. The number of Topliss-reactive ketones (excluding diaryl/α,β-unsaturated/α-hetero) is 1. The number of esters is 2. The van der Waals surface area contributed by atoms with Crippen LogP contribution in [0.1, 0.15) is 127 Å². The minimum atomic E-state index is -1.78. The topological polar surface area (TPSA) is 308 Å². The summed E-state index contributed by atoms with van der Waals surface area (Å²) in [5.74, 6) is -11.3. The molecule has 424 valence electrons. The van der Waals surface area contributed by atoms with Gasteiger partial charge in [0.25, 0.3) is 5.91 Å². The van der Waals surface area contributed by atoms with Crippen LogP contribution in [0.25, 0.3) is 0 Å². The fourth-order valence-electron chi connectivity index (χ4n) is 9.95. The molecule has 0 spiro atoms. The maximum absolute atomic E-state index is 14.8. The number of aliphatic hydroxyl groups excluding tert-OH is 2. The Morgan fingerprint density at radius 3 is 1.99 bits per heavy atom. The van der Waals surface area contributed by atoms with Gasteiger partial charge < -0.3 is 60.8 Å². The zero-order chi connectivity index (χ0) is 57.0. The number of phenolic OH excluding ortho intramolecular Hbond substituents is 1. The number of ether oxygens (including phenoxy) is 2. The molecule has 0 aromatic heterocycles. The van der Waals surface area contributed by atoms with E-state index >= 15 is 0 Å². The number of hydrogen-bond acceptors (Lipinski definition) is 15. The summed E-state index contributed by atoms with van der Waals surface area (Å²) in [6.45, 7) is 18.0. The number of carbonyl (C=O) groups is 10. The Labute approximate surface area is 446 Å². The van der Waals surface area contributed by atoms with Gasteiger partial charge in [-0.3, -0.25) is 43.2 Å². The third kappa shape index (κ3) is 16.4. The van der Waals surface area contributed by atoms with Crippen LogP contribution in [0.4, 0.5) is 0 Å². The number of likely N-dealkylation sites (N-methyl/N-ethyl adjacent to an activating group) is 1. The number of amides is 7. The van der Waals surface area contributed by atoms with Crippen LogP contribution in [0.3, 0.4) is 0 Å². The number of cyclic esters (lactones) is 2. The summed E-state index contributed by atoms with van der Waals surface area (Å²) in [7, 11) is 1.39. The molecule has 3 fully saturated rings. The normalized spacial score (nSPS) is 27.8. The summed E-state index contributed by atoms with van der Waals surface area (Å²) in [5, 5.41) is 42.6. The van der Waals surface area contributed by atoms with E-state index in [1.165, 1.54) is 66.8 Å². The van der Waals surface area contributed by atoms with Crippen LogP contribution < -0.4 is 21.3 Å². The first-order valence-corrected chi connectivity index (χ1v) is 26.7. The number of benzene rings is 1. The first-order chi connectivity index (χ1) is 35.5. The number of likely N-dealkylation sites (tertiary alicyclic amines) is 1. The summed E-state index contributed by atoms with van der Waals surface area (Å²) in [4.78, 5) is 145. The molecule has 7 N–H and O–H groups in total. The lowest BCUT2D eigenvalue weighted by atomic mass is 9.92. The summed E-state index contributed by atoms with van der Waals surface area (Å²) in [5.41, 5.74) is 0.461.